The Morgan fingerprint density at radius 3 is 3.10 bits per heavy atom. The van der Waals surface area contributed by atoms with Crippen LogP contribution in [0.5, 0.6) is 0 Å². The monoisotopic (exact) mass is 273 g/mol. The third-order valence-corrected chi connectivity index (χ3v) is 3.58. The summed E-state index contributed by atoms with van der Waals surface area (Å²) in [6.07, 6.45) is 3.64. The highest BCUT2D eigenvalue weighted by Gasteiger charge is 2.24. The lowest BCUT2D eigenvalue weighted by Gasteiger charge is -2.32. The summed E-state index contributed by atoms with van der Waals surface area (Å²) in [4.78, 5) is 11.2. The summed E-state index contributed by atoms with van der Waals surface area (Å²) >= 11 is 0. The fourth-order valence-corrected chi connectivity index (χ4v) is 2.40. The fraction of sp³-hybridized carbons (Fsp3) is 0.500. The maximum absolute atomic E-state index is 5.81. The Balaban J connectivity index is 1.69. The molecular weight excluding hydrogens is 254 g/mol. The van der Waals surface area contributed by atoms with Crippen LogP contribution in [-0.2, 0) is 11.3 Å². The van der Waals surface area contributed by atoms with E-state index in [2.05, 4.69) is 25.1 Å². The van der Waals surface area contributed by atoms with Crippen LogP contribution in [0.4, 0.5) is 0 Å². The molecule has 1 aliphatic heterocycles. The Labute approximate surface area is 118 Å². The van der Waals surface area contributed by atoms with Crippen LogP contribution in [0, 0.1) is 13.8 Å². The third-order valence-electron chi connectivity index (χ3n) is 3.58. The fourth-order valence-electron chi connectivity index (χ4n) is 2.40. The number of aryl methyl sites for hydroxylation is 2. The molecule has 1 saturated heterocycles. The van der Waals surface area contributed by atoms with Crippen LogP contribution in [0.25, 0.3) is 0 Å². The Kier molecular flexibility index (Phi) is 3.75. The van der Waals surface area contributed by atoms with Crippen molar-refractivity contribution in [3.63, 3.8) is 0 Å². The van der Waals surface area contributed by atoms with Gasteiger partial charge in [-0.15, -0.1) is 0 Å². The molecule has 2 aromatic heterocycles. The van der Waals surface area contributed by atoms with Crippen LogP contribution in [0.1, 0.15) is 28.9 Å². The lowest BCUT2D eigenvalue weighted by molar-refractivity contribution is -0.0373. The Morgan fingerprint density at radius 1 is 1.45 bits per heavy atom. The molecular formula is C14H19N5O. The smallest absolute Gasteiger partial charge is 0.158 e. The maximum Gasteiger partial charge on any atom is 0.158 e. The molecule has 0 bridgehead atoms. The molecule has 20 heavy (non-hydrogen) atoms. The second-order valence-electron chi connectivity index (χ2n) is 5.17. The molecule has 0 aromatic carbocycles. The maximum atomic E-state index is 5.81. The first-order chi connectivity index (χ1) is 9.72. The lowest BCUT2D eigenvalue weighted by Crippen LogP contribution is -2.38. The highest BCUT2D eigenvalue weighted by Crippen LogP contribution is 2.20. The van der Waals surface area contributed by atoms with Crippen LogP contribution in [0.2, 0.25) is 0 Å². The standard InChI is InChI=1S/C14H19N5O/c1-10-3-4-15-14(17-10)13-9-19(5-6-20-13)8-12-7-16-18-11(12)2/h3-4,7,13H,5-6,8-9H2,1-2H3,(H,16,18)/t13-/m1/s1. The van der Waals surface area contributed by atoms with Crippen molar-refractivity contribution >= 4 is 0 Å². The van der Waals surface area contributed by atoms with E-state index in [0.717, 1.165) is 36.8 Å². The minimum Gasteiger partial charge on any atom is -0.368 e. The summed E-state index contributed by atoms with van der Waals surface area (Å²) in [5.74, 6) is 0.776. The van der Waals surface area contributed by atoms with Gasteiger partial charge in [-0.05, 0) is 19.9 Å². The minimum absolute atomic E-state index is 0.0455. The molecule has 0 aliphatic carbocycles. The van der Waals surface area contributed by atoms with Crippen molar-refractivity contribution < 1.29 is 4.74 Å². The van der Waals surface area contributed by atoms with E-state index in [0.29, 0.717) is 6.61 Å². The van der Waals surface area contributed by atoms with Crippen molar-refractivity contribution in [1.29, 1.82) is 0 Å². The van der Waals surface area contributed by atoms with Gasteiger partial charge in [-0.2, -0.15) is 5.10 Å². The predicted octanol–water partition coefficient (Wildman–Crippen LogP) is 1.39. The number of hydrogen-bond donors (Lipinski definition) is 1. The van der Waals surface area contributed by atoms with Crippen molar-refractivity contribution in [2.45, 2.75) is 26.5 Å². The number of H-pyrrole nitrogens is 1. The summed E-state index contributed by atoms with van der Waals surface area (Å²) in [5.41, 5.74) is 3.33. The van der Waals surface area contributed by atoms with Gasteiger partial charge in [0.2, 0.25) is 0 Å². The molecule has 1 fully saturated rings. The first-order valence-corrected chi connectivity index (χ1v) is 6.85. The first-order valence-electron chi connectivity index (χ1n) is 6.85. The van der Waals surface area contributed by atoms with E-state index in [1.807, 2.05) is 26.1 Å². The molecule has 0 amide bonds. The van der Waals surface area contributed by atoms with Crippen molar-refractivity contribution in [2.24, 2.45) is 0 Å². The van der Waals surface area contributed by atoms with Crippen molar-refractivity contribution in [3.8, 4) is 0 Å². The number of hydrogen-bond acceptors (Lipinski definition) is 5. The van der Waals surface area contributed by atoms with Crippen LogP contribution in [0.15, 0.2) is 18.5 Å². The van der Waals surface area contributed by atoms with E-state index in [4.69, 9.17) is 4.74 Å². The number of nitrogens with one attached hydrogen (secondary N) is 1. The number of rotatable bonds is 3. The second-order valence-corrected chi connectivity index (χ2v) is 5.17. The van der Waals surface area contributed by atoms with Gasteiger partial charge in [0.1, 0.15) is 6.10 Å². The molecule has 0 unspecified atom stereocenters. The summed E-state index contributed by atoms with van der Waals surface area (Å²) < 4.78 is 5.81. The molecule has 3 rings (SSSR count). The summed E-state index contributed by atoms with van der Waals surface area (Å²) in [5, 5.41) is 7.04. The van der Waals surface area contributed by atoms with Crippen LogP contribution in [0.3, 0.4) is 0 Å². The van der Waals surface area contributed by atoms with Gasteiger partial charge in [0.25, 0.3) is 0 Å². The van der Waals surface area contributed by atoms with Crippen molar-refractivity contribution in [2.75, 3.05) is 19.7 Å². The molecule has 1 N–H and O–H groups in total. The summed E-state index contributed by atoms with van der Waals surface area (Å²) in [6, 6.07) is 1.90. The van der Waals surface area contributed by atoms with Crippen LogP contribution < -0.4 is 0 Å². The first kappa shape index (κ1) is 13.2. The van der Waals surface area contributed by atoms with Gasteiger partial charge in [-0.25, -0.2) is 9.97 Å². The second kappa shape index (κ2) is 5.68. The van der Waals surface area contributed by atoms with Gasteiger partial charge >= 0.3 is 0 Å². The molecule has 1 atom stereocenters. The van der Waals surface area contributed by atoms with Gasteiger partial charge in [-0.3, -0.25) is 10.00 Å². The number of aromatic nitrogens is 4. The highest BCUT2D eigenvalue weighted by atomic mass is 16.5. The Hall–Kier alpha value is -1.79. The average Bonchev–Trinajstić information content (AvgIpc) is 2.85. The lowest BCUT2D eigenvalue weighted by atomic mass is 10.2. The van der Waals surface area contributed by atoms with E-state index < -0.39 is 0 Å². The molecule has 1 aliphatic rings. The zero-order chi connectivity index (χ0) is 13.9. The normalized spacial score (nSPS) is 20.2. The van der Waals surface area contributed by atoms with Crippen molar-refractivity contribution in [3.05, 3.63) is 41.2 Å². The zero-order valence-electron chi connectivity index (χ0n) is 11.8. The quantitative estimate of drug-likeness (QED) is 0.915. The van der Waals surface area contributed by atoms with Crippen LogP contribution in [-0.4, -0.2) is 44.8 Å². The minimum atomic E-state index is -0.0455. The molecule has 0 saturated carbocycles. The molecule has 6 heteroatoms. The summed E-state index contributed by atoms with van der Waals surface area (Å²) in [6.45, 7) is 7.35. The molecule has 0 radical (unpaired) electrons. The topological polar surface area (TPSA) is 66.9 Å². The Bertz CT molecular complexity index is 582. The molecule has 6 nitrogen and oxygen atoms in total. The molecule has 2 aromatic rings. The van der Waals surface area contributed by atoms with Gasteiger partial charge in [0, 0.05) is 42.8 Å². The van der Waals surface area contributed by atoms with Gasteiger partial charge in [-0.1, -0.05) is 0 Å². The molecule has 3 heterocycles. The predicted molar refractivity (Wildman–Crippen MR) is 74.1 cm³/mol. The number of morpholine rings is 1. The number of nitrogens with zero attached hydrogens (tertiary/aromatic N) is 4. The van der Waals surface area contributed by atoms with Crippen LogP contribution >= 0.6 is 0 Å². The van der Waals surface area contributed by atoms with E-state index in [1.54, 1.807) is 6.20 Å². The van der Waals surface area contributed by atoms with E-state index in [9.17, 15) is 0 Å². The van der Waals surface area contributed by atoms with E-state index >= 15 is 0 Å². The van der Waals surface area contributed by atoms with Gasteiger partial charge in [0.15, 0.2) is 5.82 Å². The number of ether oxygens (including phenoxy) is 1. The van der Waals surface area contributed by atoms with E-state index in [-0.39, 0.29) is 6.10 Å². The highest BCUT2D eigenvalue weighted by molar-refractivity contribution is 5.14. The zero-order valence-corrected chi connectivity index (χ0v) is 11.8. The number of aromatic amines is 1. The summed E-state index contributed by atoms with van der Waals surface area (Å²) in [7, 11) is 0. The third kappa shape index (κ3) is 2.86. The average molecular weight is 273 g/mol. The van der Waals surface area contributed by atoms with E-state index in [1.165, 1.54) is 5.56 Å². The Morgan fingerprint density at radius 2 is 2.35 bits per heavy atom. The molecule has 106 valence electrons. The largest absolute Gasteiger partial charge is 0.368 e. The van der Waals surface area contributed by atoms with Gasteiger partial charge in [0.05, 0.1) is 12.8 Å². The van der Waals surface area contributed by atoms with Gasteiger partial charge < -0.3 is 4.74 Å². The molecule has 0 spiro atoms. The SMILES string of the molecule is Cc1ccnc([C@H]2CN(Cc3cn[nH]c3C)CCO2)n1. The van der Waals surface area contributed by atoms with Crippen molar-refractivity contribution in [1.82, 2.24) is 25.1 Å².